The summed E-state index contributed by atoms with van der Waals surface area (Å²) in [6, 6.07) is 4.44. The summed E-state index contributed by atoms with van der Waals surface area (Å²) < 4.78 is 0. The number of rotatable bonds is 3. The largest absolute Gasteiger partial charge is 0.337 e. The predicted octanol–water partition coefficient (Wildman–Crippen LogP) is 2.07. The number of hydrogen-bond donors (Lipinski definition) is 1. The summed E-state index contributed by atoms with van der Waals surface area (Å²) in [4.78, 5) is 24.4. The highest BCUT2D eigenvalue weighted by Crippen LogP contribution is 2.26. The normalized spacial score (nSPS) is 18.9. The molecule has 1 N–H and O–H groups in total. The summed E-state index contributed by atoms with van der Waals surface area (Å²) in [5, 5.41) is 14.1. The zero-order valence-corrected chi connectivity index (χ0v) is 11.9. The van der Waals surface area contributed by atoms with Crippen LogP contribution < -0.4 is 5.32 Å². The maximum Gasteiger partial charge on any atom is 0.288 e. The molecule has 0 spiro atoms. The van der Waals surface area contributed by atoms with Crippen LogP contribution in [0.25, 0.3) is 0 Å². The molecule has 1 aliphatic rings. The lowest BCUT2D eigenvalue weighted by Gasteiger charge is -2.32. The molecule has 0 bridgehead atoms. The number of nitro benzene ring substituents is 1. The van der Waals surface area contributed by atoms with E-state index >= 15 is 0 Å². The van der Waals surface area contributed by atoms with Gasteiger partial charge in [0.15, 0.2) is 0 Å². The first kappa shape index (κ1) is 14.7. The van der Waals surface area contributed by atoms with Crippen molar-refractivity contribution in [2.45, 2.75) is 18.9 Å². The molecule has 1 aliphatic heterocycles. The van der Waals surface area contributed by atoms with Crippen LogP contribution in [0.3, 0.4) is 0 Å². The van der Waals surface area contributed by atoms with Crippen molar-refractivity contribution in [1.29, 1.82) is 0 Å². The van der Waals surface area contributed by atoms with Gasteiger partial charge < -0.3 is 10.2 Å². The van der Waals surface area contributed by atoms with Gasteiger partial charge in [-0.25, -0.2) is 0 Å². The van der Waals surface area contributed by atoms with Crippen LogP contribution in [0.1, 0.15) is 23.2 Å². The Labute approximate surface area is 121 Å². The van der Waals surface area contributed by atoms with Crippen molar-refractivity contribution in [1.82, 2.24) is 10.2 Å². The molecule has 7 heteroatoms. The van der Waals surface area contributed by atoms with E-state index in [2.05, 4.69) is 5.32 Å². The molecule has 1 unspecified atom stereocenters. The van der Waals surface area contributed by atoms with Crippen LogP contribution in [0.2, 0.25) is 5.02 Å². The summed E-state index contributed by atoms with van der Waals surface area (Å²) in [6.45, 7) is 1.29. The zero-order valence-electron chi connectivity index (χ0n) is 11.1. The fourth-order valence-corrected chi connectivity index (χ4v) is 2.55. The van der Waals surface area contributed by atoms with Gasteiger partial charge in [0.2, 0.25) is 0 Å². The third-order valence-corrected chi connectivity index (χ3v) is 3.83. The molecule has 0 radical (unpaired) electrons. The molecule has 2 rings (SSSR count). The fourth-order valence-electron chi connectivity index (χ4n) is 2.37. The van der Waals surface area contributed by atoms with Crippen molar-refractivity contribution in [2.75, 3.05) is 20.1 Å². The number of carbonyl (C=O) groups excluding carboxylic acids is 1. The van der Waals surface area contributed by atoms with E-state index in [0.29, 0.717) is 18.7 Å². The van der Waals surface area contributed by atoms with Crippen LogP contribution >= 0.6 is 11.6 Å². The van der Waals surface area contributed by atoms with Gasteiger partial charge in [-0.3, -0.25) is 14.9 Å². The van der Waals surface area contributed by atoms with E-state index in [4.69, 9.17) is 11.6 Å². The number of nitrogens with one attached hydrogen (secondary N) is 1. The highest BCUT2D eigenvalue weighted by atomic mass is 35.5. The Morgan fingerprint density at radius 2 is 2.30 bits per heavy atom. The Morgan fingerprint density at radius 3 is 2.95 bits per heavy atom. The molecule has 0 saturated carbocycles. The number of amides is 1. The second-order valence-corrected chi connectivity index (χ2v) is 5.21. The second kappa shape index (κ2) is 6.19. The van der Waals surface area contributed by atoms with Crippen LogP contribution in [-0.2, 0) is 0 Å². The van der Waals surface area contributed by atoms with Crippen LogP contribution in [0, 0.1) is 10.1 Å². The van der Waals surface area contributed by atoms with Crippen LogP contribution in [0.4, 0.5) is 5.69 Å². The number of halogens is 1. The quantitative estimate of drug-likeness (QED) is 0.684. The predicted molar refractivity (Wildman–Crippen MR) is 76.1 cm³/mol. The van der Waals surface area contributed by atoms with E-state index in [1.807, 2.05) is 7.05 Å². The Morgan fingerprint density at radius 1 is 1.55 bits per heavy atom. The van der Waals surface area contributed by atoms with E-state index in [9.17, 15) is 14.9 Å². The molecular weight excluding hydrogens is 282 g/mol. The Hall–Kier alpha value is -1.66. The van der Waals surface area contributed by atoms with Crippen molar-refractivity contribution in [2.24, 2.45) is 0 Å². The Bertz CT molecular complexity index is 536. The van der Waals surface area contributed by atoms with Gasteiger partial charge in [-0.1, -0.05) is 11.6 Å². The number of nitro groups is 1. The van der Waals surface area contributed by atoms with E-state index in [-0.39, 0.29) is 22.7 Å². The van der Waals surface area contributed by atoms with E-state index in [0.717, 1.165) is 12.8 Å². The summed E-state index contributed by atoms with van der Waals surface area (Å²) in [6.07, 6.45) is 1.95. The van der Waals surface area contributed by atoms with Crippen molar-refractivity contribution >= 4 is 23.2 Å². The summed E-state index contributed by atoms with van der Waals surface area (Å²) in [5.41, 5.74) is 0.0672. The van der Waals surface area contributed by atoms with Crippen LogP contribution in [0.5, 0.6) is 0 Å². The maximum absolute atomic E-state index is 12.4. The minimum atomic E-state index is -0.578. The van der Waals surface area contributed by atoms with Gasteiger partial charge in [-0.2, -0.15) is 0 Å². The maximum atomic E-state index is 12.4. The first-order valence-electron chi connectivity index (χ1n) is 6.43. The van der Waals surface area contributed by atoms with Gasteiger partial charge in [-0.05, 0) is 32.0 Å². The van der Waals surface area contributed by atoms with Crippen molar-refractivity contribution < 1.29 is 9.72 Å². The molecule has 108 valence electrons. The second-order valence-electron chi connectivity index (χ2n) is 4.80. The molecule has 1 aromatic rings. The molecule has 1 aromatic carbocycles. The minimum Gasteiger partial charge on any atom is -0.337 e. The molecule has 1 fully saturated rings. The Balaban J connectivity index is 2.20. The van der Waals surface area contributed by atoms with Gasteiger partial charge in [0.25, 0.3) is 11.6 Å². The van der Waals surface area contributed by atoms with Gasteiger partial charge in [0, 0.05) is 30.8 Å². The van der Waals surface area contributed by atoms with Crippen molar-refractivity contribution in [3.8, 4) is 0 Å². The molecule has 0 aromatic heterocycles. The molecule has 6 nitrogen and oxygen atoms in total. The molecule has 1 saturated heterocycles. The number of benzene rings is 1. The topological polar surface area (TPSA) is 75.5 Å². The third-order valence-electron chi connectivity index (χ3n) is 3.51. The van der Waals surface area contributed by atoms with Gasteiger partial charge in [0.1, 0.15) is 5.02 Å². The first-order valence-corrected chi connectivity index (χ1v) is 6.81. The molecule has 1 amide bonds. The lowest BCUT2D eigenvalue weighted by atomic mass is 10.0. The molecule has 1 atom stereocenters. The van der Waals surface area contributed by atoms with E-state index in [1.54, 1.807) is 4.90 Å². The zero-order chi connectivity index (χ0) is 14.7. The molecule has 0 aliphatic carbocycles. The first-order chi connectivity index (χ1) is 9.52. The molecular formula is C13H16ClN3O3. The van der Waals surface area contributed by atoms with Crippen LogP contribution in [0.15, 0.2) is 18.2 Å². The average Bonchev–Trinajstić information content (AvgIpc) is 2.46. The highest BCUT2D eigenvalue weighted by molar-refractivity contribution is 6.32. The number of likely N-dealkylation sites (tertiary alicyclic amines) is 1. The van der Waals surface area contributed by atoms with Crippen molar-refractivity contribution in [3.63, 3.8) is 0 Å². The van der Waals surface area contributed by atoms with Crippen LogP contribution in [-0.4, -0.2) is 41.9 Å². The van der Waals surface area contributed by atoms with Crippen molar-refractivity contribution in [3.05, 3.63) is 38.9 Å². The number of hydrogen-bond acceptors (Lipinski definition) is 4. The van der Waals surface area contributed by atoms with E-state index < -0.39 is 4.92 Å². The molecule has 20 heavy (non-hydrogen) atoms. The minimum absolute atomic E-state index is 0.0401. The monoisotopic (exact) mass is 297 g/mol. The lowest BCUT2D eigenvalue weighted by molar-refractivity contribution is -0.384. The Kier molecular flexibility index (Phi) is 4.57. The van der Waals surface area contributed by atoms with Gasteiger partial charge >= 0.3 is 0 Å². The van der Waals surface area contributed by atoms with Gasteiger partial charge in [0.05, 0.1) is 4.92 Å². The molecule has 1 heterocycles. The number of likely N-dealkylation sites (N-methyl/N-ethyl adjacent to an activating group) is 1. The SMILES string of the molecule is CNC1CCCN(C(=O)c2ccc(Cl)c([N+](=O)[O-])c2)C1. The summed E-state index contributed by atoms with van der Waals surface area (Å²) in [7, 11) is 1.87. The summed E-state index contributed by atoms with van der Waals surface area (Å²) in [5.74, 6) is -0.190. The summed E-state index contributed by atoms with van der Waals surface area (Å²) >= 11 is 5.75. The fraction of sp³-hybridized carbons (Fsp3) is 0.462. The average molecular weight is 298 g/mol. The number of carbonyl (C=O) groups is 1. The third kappa shape index (κ3) is 3.08. The number of piperidine rings is 1. The standard InChI is InChI=1S/C13H16ClN3O3/c1-15-10-3-2-6-16(8-10)13(18)9-4-5-11(14)12(7-9)17(19)20/h4-5,7,10,15H,2-3,6,8H2,1H3. The van der Waals surface area contributed by atoms with E-state index in [1.165, 1.54) is 18.2 Å². The number of nitrogens with zero attached hydrogens (tertiary/aromatic N) is 2. The smallest absolute Gasteiger partial charge is 0.288 e. The highest BCUT2D eigenvalue weighted by Gasteiger charge is 2.25. The lowest BCUT2D eigenvalue weighted by Crippen LogP contribution is -2.46. The van der Waals surface area contributed by atoms with Gasteiger partial charge in [-0.15, -0.1) is 0 Å².